The quantitative estimate of drug-likeness (QED) is 0.666. The van der Waals surface area contributed by atoms with Gasteiger partial charge in [-0.3, -0.25) is 4.99 Å². The molecule has 6 nitrogen and oxygen atoms in total. The summed E-state index contributed by atoms with van der Waals surface area (Å²) in [7, 11) is 1.85. The summed E-state index contributed by atoms with van der Waals surface area (Å²) in [5.74, 6) is 1.75. The van der Waals surface area contributed by atoms with Crippen molar-refractivity contribution in [2.24, 2.45) is 10.9 Å². The van der Waals surface area contributed by atoms with Crippen LogP contribution in [0.2, 0.25) is 0 Å². The van der Waals surface area contributed by atoms with Gasteiger partial charge in [-0.25, -0.2) is 0 Å². The number of nitrogens with one attached hydrogen (secondary N) is 1. The molecule has 2 aliphatic heterocycles. The van der Waals surface area contributed by atoms with Crippen LogP contribution in [0.5, 0.6) is 0 Å². The largest absolute Gasteiger partial charge is 0.364 e. The van der Waals surface area contributed by atoms with Gasteiger partial charge in [0.2, 0.25) is 0 Å². The number of nitrogens with zero attached hydrogens (tertiary/aromatic N) is 4. The molecule has 21 heavy (non-hydrogen) atoms. The van der Waals surface area contributed by atoms with Gasteiger partial charge in [0.25, 0.3) is 0 Å². The van der Waals surface area contributed by atoms with Crippen molar-refractivity contribution in [3.05, 3.63) is 18.0 Å². The number of hydrogen-bond acceptors (Lipinski definition) is 4. The van der Waals surface area contributed by atoms with Gasteiger partial charge in [-0.15, -0.1) is 0 Å². The van der Waals surface area contributed by atoms with E-state index in [9.17, 15) is 0 Å². The summed E-state index contributed by atoms with van der Waals surface area (Å²) in [5, 5.41) is 7.28. The first kappa shape index (κ1) is 14.4. The smallest absolute Gasteiger partial charge is 0.193 e. The molecule has 1 N–H and O–H groups in total. The van der Waals surface area contributed by atoms with Gasteiger partial charge in [-0.05, 0) is 38.3 Å². The van der Waals surface area contributed by atoms with E-state index >= 15 is 0 Å². The highest BCUT2D eigenvalue weighted by Crippen LogP contribution is 2.20. The molecule has 0 aromatic carbocycles. The highest BCUT2D eigenvalue weighted by molar-refractivity contribution is 5.80. The van der Waals surface area contributed by atoms with E-state index in [2.05, 4.69) is 25.3 Å². The summed E-state index contributed by atoms with van der Waals surface area (Å²) in [5.41, 5.74) is 0.906. The zero-order chi connectivity index (χ0) is 14.5. The van der Waals surface area contributed by atoms with Crippen molar-refractivity contribution in [2.75, 3.05) is 39.8 Å². The van der Waals surface area contributed by atoms with Crippen molar-refractivity contribution >= 4 is 5.96 Å². The average Bonchev–Trinajstić information content (AvgIpc) is 3.22. The van der Waals surface area contributed by atoms with Crippen LogP contribution in [-0.2, 0) is 6.54 Å². The van der Waals surface area contributed by atoms with Crippen LogP contribution in [0.4, 0.5) is 0 Å². The second kappa shape index (κ2) is 6.93. The Morgan fingerprint density at radius 2 is 2.29 bits per heavy atom. The number of guanidine groups is 1. The molecule has 1 aromatic heterocycles. The first-order valence-corrected chi connectivity index (χ1v) is 7.92. The third-order valence-corrected chi connectivity index (χ3v) is 4.43. The lowest BCUT2D eigenvalue weighted by Gasteiger charge is -2.23. The van der Waals surface area contributed by atoms with Gasteiger partial charge in [-0.1, -0.05) is 5.16 Å². The Morgan fingerprint density at radius 3 is 3.00 bits per heavy atom. The Kier molecular flexibility index (Phi) is 4.75. The van der Waals surface area contributed by atoms with Gasteiger partial charge in [0.05, 0.1) is 6.54 Å². The molecule has 116 valence electrons. The summed E-state index contributed by atoms with van der Waals surface area (Å²) in [6.07, 6.45) is 5.61. The normalized spacial score (nSPS) is 24.0. The molecule has 3 heterocycles. The number of rotatable bonds is 4. The molecule has 6 heteroatoms. The molecule has 2 fully saturated rings. The molecule has 0 bridgehead atoms. The van der Waals surface area contributed by atoms with Crippen LogP contribution in [0, 0.1) is 5.92 Å². The van der Waals surface area contributed by atoms with Crippen molar-refractivity contribution in [1.29, 1.82) is 0 Å². The van der Waals surface area contributed by atoms with Crippen LogP contribution in [0.3, 0.4) is 0 Å². The van der Waals surface area contributed by atoms with Gasteiger partial charge in [-0.2, -0.15) is 0 Å². The van der Waals surface area contributed by atoms with Crippen molar-refractivity contribution in [3.63, 3.8) is 0 Å². The molecule has 1 aromatic rings. The fourth-order valence-corrected chi connectivity index (χ4v) is 3.34. The summed E-state index contributed by atoms with van der Waals surface area (Å²) < 4.78 is 4.85. The zero-order valence-corrected chi connectivity index (χ0v) is 12.8. The third-order valence-electron chi connectivity index (χ3n) is 4.43. The van der Waals surface area contributed by atoms with E-state index < -0.39 is 0 Å². The SMILES string of the molecule is CN=C(NCc1ccon1)N1CCC(CN2CCCC2)C1. The molecule has 1 unspecified atom stereocenters. The van der Waals surface area contributed by atoms with Crippen LogP contribution in [0.1, 0.15) is 25.0 Å². The van der Waals surface area contributed by atoms with Gasteiger partial charge in [0, 0.05) is 32.7 Å². The van der Waals surface area contributed by atoms with Gasteiger partial charge in [0.15, 0.2) is 5.96 Å². The maximum atomic E-state index is 4.85. The van der Waals surface area contributed by atoms with Crippen molar-refractivity contribution in [1.82, 2.24) is 20.3 Å². The van der Waals surface area contributed by atoms with E-state index in [0.29, 0.717) is 6.54 Å². The second-order valence-corrected chi connectivity index (χ2v) is 6.00. The van der Waals surface area contributed by atoms with Gasteiger partial charge >= 0.3 is 0 Å². The predicted molar refractivity (Wildman–Crippen MR) is 82.1 cm³/mol. The lowest BCUT2D eigenvalue weighted by atomic mass is 10.1. The third kappa shape index (κ3) is 3.75. The Labute approximate surface area is 126 Å². The monoisotopic (exact) mass is 291 g/mol. The summed E-state index contributed by atoms with van der Waals surface area (Å²) in [6, 6.07) is 1.88. The van der Waals surface area contributed by atoms with E-state index in [-0.39, 0.29) is 0 Å². The standard InChI is InChI=1S/C15H25N5O/c1-16-15(17-10-14-5-9-21-18-14)20-8-4-13(12-20)11-19-6-2-3-7-19/h5,9,13H,2-4,6-8,10-12H2,1H3,(H,16,17). The highest BCUT2D eigenvalue weighted by Gasteiger charge is 2.27. The molecule has 0 radical (unpaired) electrons. The summed E-state index contributed by atoms with van der Waals surface area (Å²) in [4.78, 5) is 9.37. The zero-order valence-electron chi connectivity index (χ0n) is 12.8. The molecular weight excluding hydrogens is 266 g/mol. The molecule has 0 aliphatic carbocycles. The minimum absolute atomic E-state index is 0.663. The molecular formula is C15H25N5O. The number of aliphatic imine (C=N–C) groups is 1. The molecule has 2 saturated heterocycles. The Bertz CT molecular complexity index is 453. The maximum Gasteiger partial charge on any atom is 0.193 e. The average molecular weight is 291 g/mol. The van der Waals surface area contributed by atoms with Crippen LogP contribution >= 0.6 is 0 Å². The van der Waals surface area contributed by atoms with E-state index in [0.717, 1.165) is 30.7 Å². The first-order valence-electron chi connectivity index (χ1n) is 7.92. The molecule has 0 spiro atoms. The van der Waals surface area contributed by atoms with Crippen LogP contribution in [-0.4, -0.2) is 60.7 Å². The van der Waals surface area contributed by atoms with E-state index in [4.69, 9.17) is 4.52 Å². The Balaban J connectivity index is 1.46. The highest BCUT2D eigenvalue weighted by atomic mass is 16.5. The molecule has 3 rings (SSSR count). The van der Waals surface area contributed by atoms with E-state index in [1.165, 1.54) is 38.9 Å². The van der Waals surface area contributed by atoms with Crippen molar-refractivity contribution in [2.45, 2.75) is 25.8 Å². The first-order chi connectivity index (χ1) is 10.3. The second-order valence-electron chi connectivity index (χ2n) is 6.00. The topological polar surface area (TPSA) is 56.9 Å². The van der Waals surface area contributed by atoms with E-state index in [1.54, 1.807) is 6.26 Å². The van der Waals surface area contributed by atoms with Crippen LogP contribution < -0.4 is 5.32 Å². The number of hydrogen-bond donors (Lipinski definition) is 1. The summed E-state index contributed by atoms with van der Waals surface area (Å²) in [6.45, 7) is 6.69. The fraction of sp³-hybridized carbons (Fsp3) is 0.733. The van der Waals surface area contributed by atoms with Gasteiger partial charge in [0.1, 0.15) is 12.0 Å². The van der Waals surface area contributed by atoms with Gasteiger partial charge < -0.3 is 19.6 Å². The Morgan fingerprint density at radius 1 is 1.43 bits per heavy atom. The lowest BCUT2D eigenvalue weighted by molar-refractivity contribution is 0.281. The fourth-order valence-electron chi connectivity index (χ4n) is 3.34. The maximum absolute atomic E-state index is 4.85. The lowest BCUT2D eigenvalue weighted by Crippen LogP contribution is -2.40. The number of aromatic nitrogens is 1. The minimum atomic E-state index is 0.663. The van der Waals surface area contributed by atoms with Crippen molar-refractivity contribution in [3.8, 4) is 0 Å². The van der Waals surface area contributed by atoms with Crippen LogP contribution in [0.25, 0.3) is 0 Å². The molecule has 2 aliphatic rings. The van der Waals surface area contributed by atoms with Crippen molar-refractivity contribution < 1.29 is 4.52 Å². The van der Waals surface area contributed by atoms with Crippen LogP contribution in [0.15, 0.2) is 21.8 Å². The molecule has 0 saturated carbocycles. The predicted octanol–water partition coefficient (Wildman–Crippen LogP) is 1.17. The minimum Gasteiger partial charge on any atom is -0.364 e. The molecule has 1 atom stereocenters. The van der Waals surface area contributed by atoms with E-state index in [1.807, 2.05) is 13.1 Å². The molecule has 0 amide bonds. The Hall–Kier alpha value is -1.56. The summed E-state index contributed by atoms with van der Waals surface area (Å²) >= 11 is 0. The number of likely N-dealkylation sites (tertiary alicyclic amines) is 2.